The number of thioether (sulfide) groups is 1. The minimum Gasteiger partial charge on any atom is -0.368 e. The molecular formula is C25H23ClN6OS. The van der Waals surface area contributed by atoms with E-state index in [-0.39, 0.29) is 11.7 Å². The number of halogens is 1. The first kappa shape index (κ1) is 22.4. The number of carbonyl (C=O) groups is 1. The zero-order valence-corrected chi connectivity index (χ0v) is 20.0. The van der Waals surface area contributed by atoms with Gasteiger partial charge in [0.25, 0.3) is 0 Å². The van der Waals surface area contributed by atoms with Crippen molar-refractivity contribution < 1.29 is 4.79 Å². The number of aromatic nitrogens is 4. The molecule has 1 aliphatic heterocycles. The summed E-state index contributed by atoms with van der Waals surface area (Å²) in [5, 5.41) is 9.98. The summed E-state index contributed by atoms with van der Waals surface area (Å²) >= 11 is 7.89. The summed E-state index contributed by atoms with van der Waals surface area (Å²) in [7, 11) is 0. The molecule has 34 heavy (non-hydrogen) atoms. The molecule has 3 heterocycles. The third kappa shape index (κ3) is 4.78. The Bertz CT molecular complexity index is 1260. The second-order valence-corrected chi connectivity index (χ2v) is 9.18. The van der Waals surface area contributed by atoms with Crippen LogP contribution >= 0.6 is 23.4 Å². The van der Waals surface area contributed by atoms with Gasteiger partial charge < -0.3 is 9.80 Å². The van der Waals surface area contributed by atoms with Crippen LogP contribution in [0.4, 0.5) is 5.69 Å². The van der Waals surface area contributed by atoms with E-state index >= 15 is 0 Å². The number of carbonyl (C=O) groups excluding carboxylic acids is 1. The Morgan fingerprint density at radius 1 is 0.912 bits per heavy atom. The van der Waals surface area contributed by atoms with E-state index < -0.39 is 0 Å². The lowest BCUT2D eigenvalue weighted by Gasteiger charge is -2.36. The smallest absolute Gasteiger partial charge is 0.233 e. The molecule has 5 rings (SSSR count). The Balaban J connectivity index is 1.31. The van der Waals surface area contributed by atoms with Gasteiger partial charge in [-0.15, -0.1) is 10.2 Å². The van der Waals surface area contributed by atoms with Crippen molar-refractivity contribution in [1.82, 2.24) is 24.6 Å². The summed E-state index contributed by atoms with van der Waals surface area (Å²) in [5.74, 6) is 1.00. The second-order valence-electron chi connectivity index (χ2n) is 7.83. The average Bonchev–Trinajstić information content (AvgIpc) is 3.32. The fraction of sp³-hybridized carbons (Fsp3) is 0.200. The van der Waals surface area contributed by atoms with E-state index in [2.05, 4.69) is 32.2 Å². The summed E-state index contributed by atoms with van der Waals surface area (Å²) in [6.45, 7) is 3.04. The van der Waals surface area contributed by atoms with Crippen LogP contribution in [0.15, 0.2) is 84.3 Å². The maximum atomic E-state index is 13.0. The summed E-state index contributed by atoms with van der Waals surface area (Å²) in [4.78, 5) is 21.4. The molecule has 0 N–H and O–H groups in total. The van der Waals surface area contributed by atoms with Gasteiger partial charge in [0.05, 0.1) is 16.5 Å². The normalized spacial score (nSPS) is 13.8. The monoisotopic (exact) mass is 490 g/mol. The topological polar surface area (TPSA) is 67.2 Å². The summed E-state index contributed by atoms with van der Waals surface area (Å²) in [6, 6.07) is 21.6. The van der Waals surface area contributed by atoms with Crippen LogP contribution in [0.2, 0.25) is 5.02 Å². The van der Waals surface area contributed by atoms with Crippen molar-refractivity contribution in [3.05, 3.63) is 84.1 Å². The fourth-order valence-corrected chi connectivity index (χ4v) is 5.03. The zero-order valence-electron chi connectivity index (χ0n) is 18.4. The Hall–Kier alpha value is -3.36. The number of piperazine rings is 1. The third-order valence-corrected chi connectivity index (χ3v) is 6.96. The molecule has 0 radical (unpaired) electrons. The summed E-state index contributed by atoms with van der Waals surface area (Å²) in [6.07, 6.45) is 3.45. The fourth-order valence-electron chi connectivity index (χ4n) is 3.97. The SMILES string of the molecule is O=C(CSc1nnc(-c2cccnc2)n1-c1ccccc1Cl)N1CCN(c2ccccc2)CC1. The van der Waals surface area contributed by atoms with Gasteiger partial charge in [-0.05, 0) is 36.4 Å². The molecule has 7 nitrogen and oxygen atoms in total. The Morgan fingerprint density at radius 3 is 2.41 bits per heavy atom. The van der Waals surface area contributed by atoms with E-state index in [4.69, 9.17) is 11.6 Å². The highest BCUT2D eigenvalue weighted by Gasteiger charge is 2.23. The van der Waals surface area contributed by atoms with E-state index in [0.717, 1.165) is 24.3 Å². The number of para-hydroxylation sites is 2. The van der Waals surface area contributed by atoms with Gasteiger partial charge in [-0.3, -0.25) is 14.3 Å². The number of anilines is 1. The maximum Gasteiger partial charge on any atom is 0.233 e. The molecule has 172 valence electrons. The molecule has 0 bridgehead atoms. The maximum absolute atomic E-state index is 13.0. The van der Waals surface area contributed by atoms with Crippen LogP contribution in [-0.4, -0.2) is 62.5 Å². The molecular weight excluding hydrogens is 468 g/mol. The number of amides is 1. The zero-order chi connectivity index (χ0) is 23.3. The van der Waals surface area contributed by atoms with Crippen LogP contribution in [0.5, 0.6) is 0 Å². The van der Waals surface area contributed by atoms with Crippen LogP contribution in [-0.2, 0) is 4.79 Å². The first-order chi connectivity index (χ1) is 16.7. The van der Waals surface area contributed by atoms with Crippen LogP contribution in [0, 0.1) is 0 Å². The molecule has 2 aromatic heterocycles. The quantitative estimate of drug-likeness (QED) is 0.373. The van der Waals surface area contributed by atoms with E-state index in [1.165, 1.54) is 17.4 Å². The first-order valence-corrected chi connectivity index (χ1v) is 12.4. The van der Waals surface area contributed by atoms with Crippen molar-refractivity contribution in [1.29, 1.82) is 0 Å². The van der Waals surface area contributed by atoms with Gasteiger partial charge in [0.1, 0.15) is 0 Å². The second kappa shape index (κ2) is 10.3. The molecule has 1 fully saturated rings. The van der Waals surface area contributed by atoms with Crippen molar-refractivity contribution in [2.24, 2.45) is 0 Å². The summed E-state index contributed by atoms with van der Waals surface area (Å²) < 4.78 is 1.89. The third-order valence-electron chi connectivity index (χ3n) is 5.72. The van der Waals surface area contributed by atoms with Gasteiger partial charge in [0, 0.05) is 49.8 Å². The van der Waals surface area contributed by atoms with E-state index in [1.54, 1.807) is 12.4 Å². The van der Waals surface area contributed by atoms with Crippen LogP contribution in [0.25, 0.3) is 17.1 Å². The average molecular weight is 491 g/mol. The predicted octanol–water partition coefficient (Wildman–Crippen LogP) is 4.42. The van der Waals surface area contributed by atoms with Crippen LogP contribution in [0.3, 0.4) is 0 Å². The molecule has 0 unspecified atom stereocenters. The number of pyridine rings is 1. The van der Waals surface area contributed by atoms with Gasteiger partial charge in [-0.1, -0.05) is 53.7 Å². The Morgan fingerprint density at radius 2 is 1.68 bits per heavy atom. The number of hydrogen-bond donors (Lipinski definition) is 0. The van der Waals surface area contributed by atoms with Gasteiger partial charge in [-0.2, -0.15) is 0 Å². The minimum absolute atomic E-state index is 0.0920. The predicted molar refractivity (Wildman–Crippen MR) is 136 cm³/mol. The molecule has 0 saturated carbocycles. The molecule has 0 atom stereocenters. The highest BCUT2D eigenvalue weighted by Crippen LogP contribution is 2.31. The standard InChI is InChI=1S/C25H23ClN6OS/c26-21-10-4-5-11-22(21)32-24(19-7-6-12-27-17-19)28-29-25(32)34-18-23(33)31-15-13-30(14-16-31)20-8-2-1-3-9-20/h1-12,17H,13-16,18H2. The van der Waals surface area contributed by atoms with Crippen molar-refractivity contribution in [2.45, 2.75) is 5.16 Å². The Labute approximate surface area is 207 Å². The summed E-state index contributed by atoms with van der Waals surface area (Å²) in [5.41, 5.74) is 2.78. The lowest BCUT2D eigenvalue weighted by atomic mass is 10.2. The van der Waals surface area contributed by atoms with E-state index in [0.29, 0.717) is 29.1 Å². The highest BCUT2D eigenvalue weighted by atomic mass is 35.5. The Kier molecular flexibility index (Phi) is 6.78. The van der Waals surface area contributed by atoms with E-state index in [9.17, 15) is 4.79 Å². The van der Waals surface area contributed by atoms with Crippen molar-refractivity contribution >= 4 is 35.0 Å². The molecule has 0 spiro atoms. The molecule has 1 aliphatic rings. The van der Waals surface area contributed by atoms with Crippen LogP contribution in [0.1, 0.15) is 0 Å². The molecule has 4 aromatic rings. The molecule has 1 saturated heterocycles. The van der Waals surface area contributed by atoms with Gasteiger partial charge in [0.15, 0.2) is 11.0 Å². The molecule has 9 heteroatoms. The number of benzene rings is 2. The van der Waals surface area contributed by atoms with Gasteiger partial charge in [-0.25, -0.2) is 0 Å². The lowest BCUT2D eigenvalue weighted by Crippen LogP contribution is -2.49. The van der Waals surface area contributed by atoms with Crippen molar-refractivity contribution in [3.8, 4) is 17.1 Å². The largest absolute Gasteiger partial charge is 0.368 e. The molecule has 1 amide bonds. The number of nitrogens with zero attached hydrogens (tertiary/aromatic N) is 6. The molecule has 2 aromatic carbocycles. The number of rotatable bonds is 6. The van der Waals surface area contributed by atoms with Gasteiger partial charge >= 0.3 is 0 Å². The lowest BCUT2D eigenvalue weighted by molar-refractivity contribution is -0.128. The van der Waals surface area contributed by atoms with Crippen molar-refractivity contribution in [2.75, 3.05) is 36.8 Å². The van der Waals surface area contributed by atoms with Crippen LogP contribution < -0.4 is 4.90 Å². The first-order valence-electron chi connectivity index (χ1n) is 11.0. The minimum atomic E-state index is 0.0920. The van der Waals surface area contributed by atoms with Crippen molar-refractivity contribution in [3.63, 3.8) is 0 Å². The van der Waals surface area contributed by atoms with Gasteiger partial charge in [0.2, 0.25) is 5.91 Å². The van der Waals surface area contributed by atoms with E-state index in [1.807, 2.05) is 64.1 Å². The number of hydrogen-bond acceptors (Lipinski definition) is 6. The molecule has 0 aliphatic carbocycles. The highest BCUT2D eigenvalue weighted by molar-refractivity contribution is 7.99.